The predicted molar refractivity (Wildman–Crippen MR) is 107 cm³/mol. The Morgan fingerprint density at radius 1 is 1.22 bits per heavy atom. The maximum Gasteiger partial charge on any atom is 0.270 e. The van der Waals surface area contributed by atoms with E-state index in [1.165, 1.54) is 18.4 Å². The minimum Gasteiger partial charge on any atom is -0.495 e. The highest BCUT2D eigenvalue weighted by Gasteiger charge is 2.12. The van der Waals surface area contributed by atoms with Gasteiger partial charge in [0.15, 0.2) is 0 Å². The number of methoxy groups -OCH3 is 1. The highest BCUT2D eigenvalue weighted by Crippen LogP contribution is 2.26. The van der Waals surface area contributed by atoms with Crippen LogP contribution in [0.15, 0.2) is 42.0 Å². The quantitative estimate of drug-likeness (QED) is 0.720. The Kier molecular flexibility index (Phi) is 6.41. The van der Waals surface area contributed by atoms with Crippen LogP contribution in [0.25, 0.3) is 0 Å². The van der Waals surface area contributed by atoms with Gasteiger partial charge in [-0.15, -0.1) is 0 Å². The topological polar surface area (TPSA) is 76.1 Å². The molecule has 2 aromatic rings. The Bertz CT molecular complexity index is 833. The summed E-state index contributed by atoms with van der Waals surface area (Å²) in [5.41, 5.74) is 2.59. The number of carbonyl (C=O) groups is 1. The number of rotatable bonds is 7. The Morgan fingerprint density at radius 2 is 2.07 bits per heavy atom. The van der Waals surface area contributed by atoms with Gasteiger partial charge in [0, 0.05) is 12.6 Å². The van der Waals surface area contributed by atoms with E-state index in [4.69, 9.17) is 4.74 Å². The number of amides is 1. The van der Waals surface area contributed by atoms with Crippen molar-refractivity contribution in [3.8, 4) is 5.75 Å². The zero-order valence-corrected chi connectivity index (χ0v) is 15.9. The van der Waals surface area contributed by atoms with Crippen molar-refractivity contribution >= 4 is 17.4 Å². The van der Waals surface area contributed by atoms with E-state index >= 15 is 0 Å². The number of aromatic nitrogens is 2. The van der Waals surface area contributed by atoms with Gasteiger partial charge in [0.25, 0.3) is 5.91 Å². The number of hydrogen-bond acceptors (Lipinski definition) is 5. The standard InChI is InChI=1S/C21H26N4O2/c1-15-23-18(21(26)22-13-12-16-8-4-3-5-9-16)14-20(24-15)25-17-10-6-7-11-19(17)27-2/h6-8,10-11,14H,3-5,9,12-13H2,1-2H3,(H,22,26)(H,23,24,25). The van der Waals surface area contributed by atoms with Crippen LogP contribution in [0.1, 0.15) is 48.4 Å². The third kappa shape index (κ3) is 5.29. The molecule has 6 nitrogen and oxygen atoms in total. The predicted octanol–water partition coefficient (Wildman–Crippen LogP) is 4.16. The molecule has 0 atom stereocenters. The average molecular weight is 366 g/mol. The number of anilines is 2. The smallest absolute Gasteiger partial charge is 0.270 e. The van der Waals surface area contributed by atoms with Gasteiger partial charge in [0.1, 0.15) is 23.1 Å². The van der Waals surface area contributed by atoms with Crippen molar-refractivity contribution in [3.05, 3.63) is 53.5 Å². The number of benzene rings is 1. The number of carbonyl (C=O) groups excluding carboxylic acids is 1. The Hall–Kier alpha value is -2.89. The van der Waals surface area contributed by atoms with E-state index in [-0.39, 0.29) is 5.91 Å². The molecule has 6 heteroatoms. The van der Waals surface area contributed by atoms with Crippen LogP contribution in [0.5, 0.6) is 5.75 Å². The van der Waals surface area contributed by atoms with Gasteiger partial charge in [-0.2, -0.15) is 0 Å². The Morgan fingerprint density at radius 3 is 2.85 bits per heavy atom. The summed E-state index contributed by atoms with van der Waals surface area (Å²) in [4.78, 5) is 21.1. The molecule has 0 saturated carbocycles. The molecule has 27 heavy (non-hydrogen) atoms. The van der Waals surface area contributed by atoms with Gasteiger partial charge < -0.3 is 15.4 Å². The second-order valence-corrected chi connectivity index (χ2v) is 6.62. The third-order valence-electron chi connectivity index (χ3n) is 4.56. The lowest BCUT2D eigenvalue weighted by Gasteiger charge is -2.13. The first-order valence-electron chi connectivity index (χ1n) is 9.37. The van der Waals surface area contributed by atoms with E-state index in [0.717, 1.165) is 24.9 Å². The van der Waals surface area contributed by atoms with Crippen LogP contribution in [0.4, 0.5) is 11.5 Å². The molecule has 0 saturated heterocycles. The Labute approximate surface area is 160 Å². The molecule has 1 amide bonds. The molecule has 142 valence electrons. The summed E-state index contributed by atoms with van der Waals surface area (Å²) in [5, 5.41) is 6.17. The molecule has 0 aliphatic heterocycles. The fourth-order valence-electron chi connectivity index (χ4n) is 3.19. The maximum atomic E-state index is 12.5. The molecule has 0 radical (unpaired) electrons. The first kappa shape index (κ1) is 18.9. The van der Waals surface area contributed by atoms with Crippen molar-refractivity contribution in [2.75, 3.05) is 19.0 Å². The van der Waals surface area contributed by atoms with Crippen LogP contribution in [-0.2, 0) is 0 Å². The molecule has 1 aliphatic rings. The third-order valence-corrected chi connectivity index (χ3v) is 4.56. The van der Waals surface area contributed by atoms with Crippen LogP contribution < -0.4 is 15.4 Å². The van der Waals surface area contributed by atoms with E-state index in [1.54, 1.807) is 20.1 Å². The van der Waals surface area contributed by atoms with Gasteiger partial charge in [0.05, 0.1) is 12.8 Å². The van der Waals surface area contributed by atoms with Gasteiger partial charge >= 0.3 is 0 Å². The van der Waals surface area contributed by atoms with Gasteiger partial charge in [-0.1, -0.05) is 23.8 Å². The van der Waals surface area contributed by atoms with Gasteiger partial charge in [0.2, 0.25) is 0 Å². The first-order valence-corrected chi connectivity index (χ1v) is 9.37. The lowest BCUT2D eigenvalue weighted by molar-refractivity contribution is 0.0948. The molecule has 1 heterocycles. The Balaban J connectivity index is 1.65. The van der Waals surface area contributed by atoms with Crippen molar-refractivity contribution < 1.29 is 9.53 Å². The maximum absolute atomic E-state index is 12.5. The van der Waals surface area contributed by atoms with E-state index in [2.05, 4.69) is 26.7 Å². The van der Waals surface area contributed by atoms with E-state index in [0.29, 0.717) is 29.6 Å². The second-order valence-electron chi connectivity index (χ2n) is 6.62. The summed E-state index contributed by atoms with van der Waals surface area (Å²) in [6, 6.07) is 9.23. The number of aryl methyl sites for hydroxylation is 1. The molecular weight excluding hydrogens is 340 g/mol. The largest absolute Gasteiger partial charge is 0.495 e. The summed E-state index contributed by atoms with van der Waals surface area (Å²) in [7, 11) is 1.62. The molecular formula is C21H26N4O2. The van der Waals surface area contributed by atoms with Crippen LogP contribution in [-0.4, -0.2) is 29.5 Å². The minimum absolute atomic E-state index is 0.181. The summed E-state index contributed by atoms with van der Waals surface area (Å²) in [5.74, 6) is 1.63. The summed E-state index contributed by atoms with van der Waals surface area (Å²) >= 11 is 0. The molecule has 0 spiro atoms. The zero-order valence-electron chi connectivity index (χ0n) is 15.9. The van der Waals surface area contributed by atoms with Crippen molar-refractivity contribution in [1.82, 2.24) is 15.3 Å². The van der Waals surface area contributed by atoms with Crippen molar-refractivity contribution in [3.63, 3.8) is 0 Å². The van der Waals surface area contributed by atoms with E-state index in [1.807, 2.05) is 24.3 Å². The number of hydrogen-bond donors (Lipinski definition) is 2. The van der Waals surface area contributed by atoms with E-state index < -0.39 is 0 Å². The monoisotopic (exact) mass is 366 g/mol. The summed E-state index contributed by atoms with van der Waals surface area (Å²) in [6.07, 6.45) is 8.05. The lowest BCUT2D eigenvalue weighted by Crippen LogP contribution is -2.26. The first-order chi connectivity index (χ1) is 13.2. The highest BCUT2D eigenvalue weighted by molar-refractivity contribution is 5.93. The normalized spacial score (nSPS) is 13.6. The second kappa shape index (κ2) is 9.16. The summed E-state index contributed by atoms with van der Waals surface area (Å²) in [6.45, 7) is 2.40. The van der Waals surface area contributed by atoms with E-state index in [9.17, 15) is 4.79 Å². The minimum atomic E-state index is -0.181. The van der Waals surface area contributed by atoms with Crippen LogP contribution in [0, 0.1) is 6.92 Å². The fraction of sp³-hybridized carbons (Fsp3) is 0.381. The lowest BCUT2D eigenvalue weighted by atomic mass is 9.97. The van der Waals surface area contributed by atoms with Gasteiger partial charge in [-0.25, -0.2) is 9.97 Å². The van der Waals surface area contributed by atoms with Crippen molar-refractivity contribution in [1.29, 1.82) is 0 Å². The van der Waals surface area contributed by atoms with Crippen LogP contribution >= 0.6 is 0 Å². The number of nitrogens with zero attached hydrogens (tertiary/aromatic N) is 2. The molecule has 1 aliphatic carbocycles. The molecule has 1 aromatic heterocycles. The molecule has 0 unspecified atom stereocenters. The van der Waals surface area contributed by atoms with Gasteiger partial charge in [-0.3, -0.25) is 4.79 Å². The highest BCUT2D eigenvalue weighted by atomic mass is 16.5. The molecule has 3 rings (SSSR count). The van der Waals surface area contributed by atoms with Crippen LogP contribution in [0.2, 0.25) is 0 Å². The molecule has 1 aromatic carbocycles. The summed E-state index contributed by atoms with van der Waals surface area (Å²) < 4.78 is 5.35. The number of ether oxygens (including phenoxy) is 1. The number of nitrogens with one attached hydrogen (secondary N) is 2. The van der Waals surface area contributed by atoms with Crippen LogP contribution in [0.3, 0.4) is 0 Å². The average Bonchev–Trinajstić information content (AvgIpc) is 2.68. The van der Waals surface area contributed by atoms with Gasteiger partial charge in [-0.05, 0) is 51.2 Å². The fourth-order valence-corrected chi connectivity index (χ4v) is 3.19. The molecule has 2 N–H and O–H groups in total. The SMILES string of the molecule is COc1ccccc1Nc1cc(C(=O)NCCC2=CCCCC2)nc(C)n1. The molecule has 0 bridgehead atoms. The zero-order chi connectivity index (χ0) is 19.1. The van der Waals surface area contributed by atoms with Crippen molar-refractivity contribution in [2.24, 2.45) is 0 Å². The number of para-hydroxylation sites is 2. The number of allylic oxidation sites excluding steroid dienone is 1. The van der Waals surface area contributed by atoms with Crippen molar-refractivity contribution in [2.45, 2.75) is 39.0 Å². The molecule has 0 fully saturated rings.